The van der Waals surface area contributed by atoms with Crippen LogP contribution in [0, 0.1) is 6.92 Å². The number of nitrogens with zero attached hydrogens (tertiary/aromatic N) is 1. The molecule has 0 bridgehead atoms. The molecule has 1 aliphatic carbocycles. The van der Waals surface area contributed by atoms with Gasteiger partial charge in [-0.15, -0.1) is 0 Å². The number of fused-ring (bicyclic) bond motifs is 1. The minimum atomic E-state index is -1.13. The van der Waals surface area contributed by atoms with E-state index in [1.807, 2.05) is 25.1 Å². The van der Waals surface area contributed by atoms with Gasteiger partial charge in [0.15, 0.2) is 6.04 Å². The van der Waals surface area contributed by atoms with Gasteiger partial charge in [-0.05, 0) is 38.0 Å². The molecule has 146 valence electrons. The minimum absolute atomic E-state index is 0.0926. The summed E-state index contributed by atoms with van der Waals surface area (Å²) in [5.74, 6) is -0.876. The van der Waals surface area contributed by atoms with E-state index in [0.29, 0.717) is 17.4 Å². The minimum Gasteiger partial charge on any atom is -0.497 e. The molecule has 1 aromatic carbocycles. The average Bonchev–Trinajstić information content (AvgIpc) is 3.25. The van der Waals surface area contributed by atoms with Gasteiger partial charge in [-0.1, -0.05) is 12.8 Å². The number of amides is 1. The summed E-state index contributed by atoms with van der Waals surface area (Å²) in [7, 11) is 2.99. The molecule has 1 atom stereocenters. The number of methoxy groups -OCH3 is 2. The third-order valence-corrected chi connectivity index (χ3v) is 5.31. The van der Waals surface area contributed by atoms with Crippen molar-refractivity contribution in [2.45, 2.75) is 44.7 Å². The molecular weight excluding hydrogens is 348 g/mol. The summed E-state index contributed by atoms with van der Waals surface area (Å²) in [6.07, 6.45) is 4.52. The number of aromatic nitrogens is 1. The Balaban J connectivity index is 2.08. The molecule has 1 aromatic heterocycles. The lowest BCUT2D eigenvalue weighted by atomic mass is 10.1. The molecule has 1 saturated carbocycles. The molecule has 1 unspecified atom stereocenters. The number of carbonyl (C=O) groups excluding carboxylic acids is 1. The first-order chi connectivity index (χ1) is 13.0. The fourth-order valence-corrected chi connectivity index (χ4v) is 4.04. The van der Waals surface area contributed by atoms with Crippen molar-refractivity contribution >= 4 is 22.8 Å². The Bertz CT molecular complexity index is 852. The SMILES string of the molecule is COCC(NC(=O)c1c(C)n(C2CCCC2)c2ccc(OC)cc12)C(=O)O. The van der Waals surface area contributed by atoms with Crippen LogP contribution in [-0.2, 0) is 9.53 Å². The largest absolute Gasteiger partial charge is 0.497 e. The first-order valence-electron chi connectivity index (χ1n) is 9.19. The Hall–Kier alpha value is -2.54. The lowest BCUT2D eigenvalue weighted by molar-refractivity contribution is -0.140. The molecule has 2 N–H and O–H groups in total. The Morgan fingerprint density at radius 3 is 2.59 bits per heavy atom. The molecule has 1 amide bonds. The van der Waals surface area contributed by atoms with E-state index in [1.165, 1.54) is 20.0 Å². The summed E-state index contributed by atoms with van der Waals surface area (Å²) in [5, 5.41) is 12.7. The molecule has 0 aliphatic heterocycles. The van der Waals surface area contributed by atoms with Crippen molar-refractivity contribution in [3.8, 4) is 5.75 Å². The van der Waals surface area contributed by atoms with E-state index >= 15 is 0 Å². The van der Waals surface area contributed by atoms with Crippen LogP contribution in [0.25, 0.3) is 10.9 Å². The highest BCUT2D eigenvalue weighted by Gasteiger charge is 2.28. The van der Waals surface area contributed by atoms with Crippen molar-refractivity contribution in [2.75, 3.05) is 20.8 Å². The van der Waals surface area contributed by atoms with Crippen molar-refractivity contribution in [3.05, 3.63) is 29.5 Å². The second-order valence-corrected chi connectivity index (χ2v) is 6.97. The Morgan fingerprint density at radius 2 is 2.00 bits per heavy atom. The normalized spacial score (nSPS) is 15.8. The van der Waals surface area contributed by atoms with Gasteiger partial charge >= 0.3 is 5.97 Å². The van der Waals surface area contributed by atoms with Crippen molar-refractivity contribution in [1.29, 1.82) is 0 Å². The summed E-state index contributed by atoms with van der Waals surface area (Å²) in [5.41, 5.74) is 2.33. The molecule has 7 heteroatoms. The van der Waals surface area contributed by atoms with Crippen LogP contribution in [0.5, 0.6) is 5.75 Å². The number of carboxylic acid groups (broad SMARTS) is 1. The molecule has 1 heterocycles. The van der Waals surface area contributed by atoms with E-state index < -0.39 is 17.9 Å². The number of hydrogen-bond donors (Lipinski definition) is 2. The van der Waals surface area contributed by atoms with Gasteiger partial charge in [0.05, 0.1) is 19.3 Å². The van der Waals surface area contributed by atoms with E-state index in [4.69, 9.17) is 9.47 Å². The van der Waals surface area contributed by atoms with E-state index in [1.54, 1.807) is 7.11 Å². The number of rotatable bonds is 7. The summed E-state index contributed by atoms with van der Waals surface area (Å²) < 4.78 is 12.5. The smallest absolute Gasteiger partial charge is 0.328 e. The summed E-state index contributed by atoms with van der Waals surface area (Å²) in [6.45, 7) is 1.83. The number of benzene rings is 1. The quantitative estimate of drug-likeness (QED) is 0.778. The molecule has 1 aliphatic rings. The van der Waals surface area contributed by atoms with Crippen LogP contribution in [0.3, 0.4) is 0 Å². The lowest BCUT2D eigenvalue weighted by Crippen LogP contribution is -2.44. The Morgan fingerprint density at radius 1 is 1.30 bits per heavy atom. The first kappa shape index (κ1) is 19.2. The van der Waals surface area contributed by atoms with Crippen molar-refractivity contribution < 1.29 is 24.2 Å². The van der Waals surface area contributed by atoms with Crippen LogP contribution >= 0.6 is 0 Å². The zero-order valence-electron chi connectivity index (χ0n) is 15.9. The van der Waals surface area contributed by atoms with Gasteiger partial charge in [-0.2, -0.15) is 0 Å². The van der Waals surface area contributed by atoms with Crippen molar-refractivity contribution in [2.24, 2.45) is 0 Å². The highest BCUT2D eigenvalue weighted by Crippen LogP contribution is 2.38. The van der Waals surface area contributed by atoms with E-state index in [9.17, 15) is 14.7 Å². The van der Waals surface area contributed by atoms with Crippen LogP contribution in [0.15, 0.2) is 18.2 Å². The van der Waals surface area contributed by atoms with Gasteiger partial charge in [-0.3, -0.25) is 4.79 Å². The lowest BCUT2D eigenvalue weighted by Gasteiger charge is -2.17. The summed E-state index contributed by atoms with van der Waals surface area (Å²) in [4.78, 5) is 24.4. The molecule has 0 saturated heterocycles. The van der Waals surface area contributed by atoms with Gasteiger partial charge < -0.3 is 24.5 Å². The molecule has 27 heavy (non-hydrogen) atoms. The van der Waals surface area contributed by atoms with Crippen LogP contribution in [-0.4, -0.2) is 48.4 Å². The maximum atomic E-state index is 13.0. The van der Waals surface area contributed by atoms with Gasteiger partial charge in [0.2, 0.25) is 0 Å². The number of ether oxygens (including phenoxy) is 2. The molecular formula is C20H26N2O5. The maximum Gasteiger partial charge on any atom is 0.328 e. The second-order valence-electron chi connectivity index (χ2n) is 6.97. The fraction of sp³-hybridized carbons (Fsp3) is 0.500. The monoisotopic (exact) mass is 374 g/mol. The highest BCUT2D eigenvalue weighted by molar-refractivity contribution is 6.09. The van der Waals surface area contributed by atoms with Crippen LogP contribution in [0.1, 0.15) is 47.8 Å². The zero-order chi connectivity index (χ0) is 19.6. The van der Waals surface area contributed by atoms with Gasteiger partial charge in [0, 0.05) is 29.7 Å². The fourth-order valence-electron chi connectivity index (χ4n) is 4.04. The number of carboxylic acids is 1. The third-order valence-electron chi connectivity index (χ3n) is 5.31. The summed E-state index contributed by atoms with van der Waals surface area (Å²) >= 11 is 0. The standard InChI is InChI=1S/C20H26N2O5/c1-12-18(19(23)21-16(11-26-2)20(24)25)15-10-14(27-3)8-9-17(15)22(12)13-6-4-5-7-13/h8-10,13,16H,4-7,11H2,1-3H3,(H,21,23)(H,24,25). The predicted molar refractivity (Wildman–Crippen MR) is 101 cm³/mol. The van der Waals surface area contributed by atoms with Crippen molar-refractivity contribution in [3.63, 3.8) is 0 Å². The Labute approximate surface area is 158 Å². The second kappa shape index (κ2) is 8.00. The van der Waals surface area contributed by atoms with Gasteiger partial charge in [0.1, 0.15) is 5.75 Å². The molecule has 0 radical (unpaired) electrons. The van der Waals surface area contributed by atoms with Crippen molar-refractivity contribution in [1.82, 2.24) is 9.88 Å². The average molecular weight is 374 g/mol. The Kier molecular flexibility index (Phi) is 5.70. The maximum absolute atomic E-state index is 13.0. The number of aliphatic carboxylic acids is 1. The molecule has 7 nitrogen and oxygen atoms in total. The van der Waals surface area contributed by atoms with Crippen LogP contribution in [0.4, 0.5) is 0 Å². The number of hydrogen-bond acceptors (Lipinski definition) is 4. The van der Waals surface area contributed by atoms with Crippen LogP contribution in [0.2, 0.25) is 0 Å². The third kappa shape index (κ3) is 3.64. The topological polar surface area (TPSA) is 89.8 Å². The molecule has 1 fully saturated rings. The highest BCUT2D eigenvalue weighted by atomic mass is 16.5. The molecule has 3 rings (SSSR count). The number of nitrogens with one attached hydrogen (secondary N) is 1. The zero-order valence-corrected chi connectivity index (χ0v) is 15.9. The molecule has 2 aromatic rings. The predicted octanol–water partition coefficient (Wildman–Crippen LogP) is 2.90. The molecule has 0 spiro atoms. The van der Waals surface area contributed by atoms with E-state index in [-0.39, 0.29) is 6.61 Å². The first-order valence-corrected chi connectivity index (χ1v) is 9.19. The van der Waals surface area contributed by atoms with E-state index in [2.05, 4.69) is 9.88 Å². The van der Waals surface area contributed by atoms with Gasteiger partial charge in [-0.25, -0.2) is 4.79 Å². The van der Waals surface area contributed by atoms with Gasteiger partial charge in [0.25, 0.3) is 5.91 Å². The number of carbonyl (C=O) groups is 2. The summed E-state index contributed by atoms with van der Waals surface area (Å²) in [6, 6.07) is 4.96. The van der Waals surface area contributed by atoms with Crippen LogP contribution < -0.4 is 10.1 Å². The van der Waals surface area contributed by atoms with E-state index in [0.717, 1.165) is 29.4 Å².